The molecule has 7 nitrogen and oxygen atoms in total. The molecule has 8 heteroatoms. The van der Waals surface area contributed by atoms with E-state index in [1.807, 2.05) is 0 Å². The Bertz CT molecular complexity index is 556. The van der Waals surface area contributed by atoms with Crippen molar-refractivity contribution in [3.05, 3.63) is 21.7 Å². The molecule has 1 unspecified atom stereocenters. The number of aromatic nitrogens is 2. The van der Waals surface area contributed by atoms with Gasteiger partial charge in [0.2, 0.25) is 5.91 Å². The van der Waals surface area contributed by atoms with Crippen molar-refractivity contribution in [2.75, 3.05) is 12.4 Å². The van der Waals surface area contributed by atoms with Crippen LogP contribution in [0.25, 0.3) is 0 Å². The highest BCUT2D eigenvalue weighted by Crippen LogP contribution is 2.19. The first-order valence-corrected chi connectivity index (χ1v) is 5.68. The smallest absolute Gasteiger partial charge is 0.271 e. The predicted octanol–water partition coefficient (Wildman–Crippen LogP) is -0.0174. The van der Waals surface area contributed by atoms with Gasteiger partial charge in [0, 0.05) is 13.5 Å². The standard InChI is InChI=1S/C10H11ClN4O3/c1-15-6(16)3-2-5(10(15)18)14-8-7(11)9(17)13-4-12-8/h4-5H,2-3H2,1H3,(H2,12,13,14,17). The largest absolute Gasteiger partial charge is 0.357 e. The van der Waals surface area contributed by atoms with Crippen molar-refractivity contribution in [3.8, 4) is 0 Å². The first-order chi connectivity index (χ1) is 8.50. The summed E-state index contributed by atoms with van der Waals surface area (Å²) in [5, 5.41) is 2.68. The molecule has 1 aromatic heterocycles. The molecular weight excluding hydrogens is 260 g/mol. The van der Waals surface area contributed by atoms with Crippen molar-refractivity contribution < 1.29 is 9.59 Å². The van der Waals surface area contributed by atoms with E-state index in [0.29, 0.717) is 6.42 Å². The Balaban J connectivity index is 2.19. The van der Waals surface area contributed by atoms with E-state index in [0.717, 1.165) is 4.90 Å². The van der Waals surface area contributed by atoms with E-state index in [1.54, 1.807) is 0 Å². The van der Waals surface area contributed by atoms with Gasteiger partial charge in [-0.3, -0.25) is 19.3 Å². The van der Waals surface area contributed by atoms with E-state index >= 15 is 0 Å². The van der Waals surface area contributed by atoms with Gasteiger partial charge >= 0.3 is 0 Å². The van der Waals surface area contributed by atoms with Crippen LogP contribution >= 0.6 is 11.6 Å². The number of likely N-dealkylation sites (tertiary alicyclic amines) is 1. The number of anilines is 1. The van der Waals surface area contributed by atoms with Gasteiger partial charge in [-0.2, -0.15) is 0 Å². The molecule has 0 aliphatic carbocycles. The van der Waals surface area contributed by atoms with Crippen LogP contribution < -0.4 is 10.9 Å². The number of aromatic amines is 1. The maximum absolute atomic E-state index is 11.8. The van der Waals surface area contributed by atoms with E-state index in [4.69, 9.17) is 11.6 Å². The number of imide groups is 1. The third-order valence-corrected chi connectivity index (χ3v) is 3.11. The average Bonchev–Trinajstić information content (AvgIpc) is 2.35. The fourth-order valence-corrected chi connectivity index (χ4v) is 1.86. The third-order valence-electron chi connectivity index (χ3n) is 2.76. The van der Waals surface area contributed by atoms with Gasteiger partial charge in [-0.1, -0.05) is 11.6 Å². The van der Waals surface area contributed by atoms with Crippen molar-refractivity contribution in [3.63, 3.8) is 0 Å². The van der Waals surface area contributed by atoms with E-state index in [2.05, 4.69) is 15.3 Å². The molecule has 2 heterocycles. The average molecular weight is 271 g/mol. The number of hydrogen-bond acceptors (Lipinski definition) is 5. The van der Waals surface area contributed by atoms with E-state index in [-0.39, 0.29) is 29.1 Å². The van der Waals surface area contributed by atoms with Crippen molar-refractivity contribution >= 4 is 29.2 Å². The summed E-state index contributed by atoms with van der Waals surface area (Å²) in [4.78, 5) is 41.6. The first kappa shape index (κ1) is 12.6. The second-order valence-electron chi connectivity index (χ2n) is 3.92. The molecule has 0 radical (unpaired) electrons. The number of piperidine rings is 1. The molecule has 1 aliphatic rings. The van der Waals surface area contributed by atoms with Gasteiger partial charge in [0.05, 0.1) is 6.33 Å². The van der Waals surface area contributed by atoms with Crippen LogP contribution in [-0.4, -0.2) is 39.8 Å². The van der Waals surface area contributed by atoms with Gasteiger partial charge in [0.15, 0.2) is 5.82 Å². The summed E-state index contributed by atoms with van der Waals surface area (Å²) in [5.74, 6) is -0.436. The molecule has 2 rings (SSSR count). The molecule has 1 fully saturated rings. The molecule has 2 amide bonds. The molecule has 1 aliphatic heterocycles. The fraction of sp³-hybridized carbons (Fsp3) is 0.400. The van der Waals surface area contributed by atoms with Gasteiger partial charge in [-0.25, -0.2) is 4.98 Å². The lowest BCUT2D eigenvalue weighted by atomic mass is 10.0. The Morgan fingerprint density at radius 3 is 2.94 bits per heavy atom. The van der Waals surface area contributed by atoms with E-state index in [9.17, 15) is 14.4 Å². The molecular formula is C10H11ClN4O3. The number of H-pyrrole nitrogens is 1. The number of carbonyl (C=O) groups excluding carboxylic acids is 2. The van der Waals surface area contributed by atoms with Gasteiger partial charge < -0.3 is 10.3 Å². The molecule has 1 aromatic rings. The minimum atomic E-state index is -0.598. The first-order valence-electron chi connectivity index (χ1n) is 5.31. The molecule has 2 N–H and O–H groups in total. The highest BCUT2D eigenvalue weighted by atomic mass is 35.5. The molecule has 18 heavy (non-hydrogen) atoms. The Morgan fingerprint density at radius 1 is 1.50 bits per heavy atom. The van der Waals surface area contributed by atoms with Crippen LogP contribution in [0.4, 0.5) is 5.82 Å². The topological polar surface area (TPSA) is 95.2 Å². The summed E-state index contributed by atoms with van der Waals surface area (Å²) < 4.78 is 0. The van der Waals surface area contributed by atoms with Crippen LogP contribution in [0.2, 0.25) is 5.02 Å². The number of nitrogens with zero attached hydrogens (tertiary/aromatic N) is 2. The van der Waals surface area contributed by atoms with Gasteiger partial charge in [0.25, 0.3) is 11.5 Å². The van der Waals surface area contributed by atoms with Crippen molar-refractivity contribution in [1.82, 2.24) is 14.9 Å². The Kier molecular flexibility index (Phi) is 3.33. The van der Waals surface area contributed by atoms with Gasteiger partial charge in [0.1, 0.15) is 11.1 Å². The lowest BCUT2D eigenvalue weighted by Crippen LogP contribution is -2.48. The van der Waals surface area contributed by atoms with Crippen LogP contribution in [0.5, 0.6) is 0 Å². The predicted molar refractivity (Wildman–Crippen MR) is 64.3 cm³/mol. The summed E-state index contributed by atoms with van der Waals surface area (Å²) >= 11 is 5.76. The minimum Gasteiger partial charge on any atom is -0.357 e. The van der Waals surface area contributed by atoms with Crippen LogP contribution in [0.15, 0.2) is 11.1 Å². The summed E-state index contributed by atoms with van der Waals surface area (Å²) in [5.41, 5.74) is -0.484. The summed E-state index contributed by atoms with van der Waals surface area (Å²) in [6.45, 7) is 0. The molecule has 0 saturated carbocycles. The van der Waals surface area contributed by atoms with Crippen LogP contribution in [0, 0.1) is 0 Å². The maximum atomic E-state index is 11.8. The number of amides is 2. The number of likely N-dealkylation sites (N-methyl/N-ethyl adjacent to an activating group) is 1. The van der Waals surface area contributed by atoms with E-state index in [1.165, 1.54) is 13.4 Å². The number of nitrogens with one attached hydrogen (secondary N) is 2. The second-order valence-corrected chi connectivity index (χ2v) is 4.30. The molecule has 0 bridgehead atoms. The summed E-state index contributed by atoms with van der Waals surface area (Å²) in [7, 11) is 1.42. The number of halogens is 1. The highest BCUT2D eigenvalue weighted by molar-refractivity contribution is 6.32. The summed E-state index contributed by atoms with van der Waals surface area (Å²) in [6.07, 6.45) is 1.81. The van der Waals surface area contributed by atoms with Crippen molar-refractivity contribution in [2.24, 2.45) is 0 Å². The minimum absolute atomic E-state index is 0.107. The van der Waals surface area contributed by atoms with E-state index < -0.39 is 11.6 Å². The molecule has 1 saturated heterocycles. The fourth-order valence-electron chi connectivity index (χ4n) is 1.70. The number of carbonyl (C=O) groups is 2. The summed E-state index contributed by atoms with van der Waals surface area (Å²) in [6, 6.07) is -0.598. The maximum Gasteiger partial charge on any atom is 0.271 e. The third kappa shape index (κ3) is 2.21. The van der Waals surface area contributed by atoms with Gasteiger partial charge in [-0.05, 0) is 6.42 Å². The van der Waals surface area contributed by atoms with Crippen LogP contribution in [0.3, 0.4) is 0 Å². The zero-order valence-corrected chi connectivity index (χ0v) is 10.3. The van der Waals surface area contributed by atoms with Crippen molar-refractivity contribution in [1.29, 1.82) is 0 Å². The molecule has 0 spiro atoms. The van der Waals surface area contributed by atoms with Crippen molar-refractivity contribution in [2.45, 2.75) is 18.9 Å². The molecule has 96 valence electrons. The lowest BCUT2D eigenvalue weighted by molar-refractivity contribution is -0.146. The zero-order valence-electron chi connectivity index (χ0n) is 9.57. The number of hydrogen-bond donors (Lipinski definition) is 2. The van der Waals surface area contributed by atoms with Gasteiger partial charge in [-0.15, -0.1) is 0 Å². The zero-order chi connectivity index (χ0) is 13.3. The Hall–Kier alpha value is -1.89. The molecule has 0 aromatic carbocycles. The Morgan fingerprint density at radius 2 is 2.22 bits per heavy atom. The highest BCUT2D eigenvalue weighted by Gasteiger charge is 2.32. The Labute approximate surface area is 107 Å². The van der Waals surface area contributed by atoms with Crippen LogP contribution in [0.1, 0.15) is 12.8 Å². The monoisotopic (exact) mass is 270 g/mol. The quantitative estimate of drug-likeness (QED) is 0.737. The molecule has 1 atom stereocenters. The normalized spacial score (nSPS) is 20.1. The second kappa shape index (κ2) is 4.77. The number of rotatable bonds is 2. The van der Waals surface area contributed by atoms with Crippen LogP contribution in [-0.2, 0) is 9.59 Å². The lowest BCUT2D eigenvalue weighted by Gasteiger charge is -2.28. The SMILES string of the molecule is CN1C(=O)CCC(Nc2nc[nH]c(=O)c2Cl)C1=O.